The second kappa shape index (κ2) is 7.10. The van der Waals surface area contributed by atoms with E-state index in [0.29, 0.717) is 12.5 Å². The molecule has 1 fully saturated rings. The summed E-state index contributed by atoms with van der Waals surface area (Å²) in [6.45, 7) is 6.80. The van der Waals surface area contributed by atoms with E-state index in [0.717, 1.165) is 33.9 Å². The molecule has 0 aliphatic heterocycles. The van der Waals surface area contributed by atoms with Gasteiger partial charge in [-0.05, 0) is 80.5 Å². The Balaban J connectivity index is 1.60. The lowest BCUT2D eigenvalue weighted by atomic mass is 10.0. The summed E-state index contributed by atoms with van der Waals surface area (Å²) in [4.78, 5) is 0. The number of benzene rings is 2. The van der Waals surface area contributed by atoms with E-state index in [1.165, 1.54) is 24.0 Å². The molecule has 0 bridgehead atoms. The Morgan fingerprint density at radius 1 is 1.11 bits per heavy atom. The van der Waals surface area contributed by atoms with Crippen LogP contribution in [0.25, 0.3) is 5.69 Å². The van der Waals surface area contributed by atoms with Gasteiger partial charge in [-0.1, -0.05) is 12.1 Å². The third-order valence-corrected chi connectivity index (χ3v) is 5.33. The molecule has 27 heavy (non-hydrogen) atoms. The lowest BCUT2D eigenvalue weighted by Gasteiger charge is -2.17. The Kier molecular flexibility index (Phi) is 4.65. The largest absolute Gasteiger partial charge is 0.489 e. The maximum Gasteiger partial charge on any atom is 0.123 e. The molecule has 0 saturated heterocycles. The number of rotatable bonds is 6. The minimum atomic E-state index is 0.587. The van der Waals surface area contributed by atoms with Crippen LogP contribution in [-0.4, -0.2) is 16.8 Å². The van der Waals surface area contributed by atoms with E-state index in [-0.39, 0.29) is 0 Å². The standard InChI is InChI=1S/C23H27N3O/c1-15-13-23(16(2)12-22(15)26-11-10-17(3)25-26)27-14-20-19(18-8-9-18)6-5-7-21(20)24-4/h5-7,10-13,18,24H,8-9,14H2,1-4H3. The number of nitrogens with zero attached hydrogens (tertiary/aromatic N) is 2. The third-order valence-electron chi connectivity index (χ3n) is 5.33. The number of aromatic nitrogens is 2. The molecule has 1 heterocycles. The average Bonchev–Trinajstić information content (AvgIpc) is 3.42. The first-order chi connectivity index (χ1) is 13.1. The predicted molar refractivity (Wildman–Crippen MR) is 110 cm³/mol. The summed E-state index contributed by atoms with van der Waals surface area (Å²) >= 11 is 0. The van der Waals surface area contributed by atoms with Crippen molar-refractivity contribution in [3.8, 4) is 11.4 Å². The van der Waals surface area contributed by atoms with Gasteiger partial charge >= 0.3 is 0 Å². The van der Waals surface area contributed by atoms with Gasteiger partial charge in [-0.15, -0.1) is 0 Å². The van der Waals surface area contributed by atoms with Crippen molar-refractivity contribution in [1.82, 2.24) is 9.78 Å². The summed E-state index contributed by atoms with van der Waals surface area (Å²) < 4.78 is 8.22. The van der Waals surface area contributed by atoms with E-state index >= 15 is 0 Å². The van der Waals surface area contributed by atoms with E-state index in [1.807, 2.05) is 30.9 Å². The molecule has 1 N–H and O–H groups in total. The quantitative estimate of drug-likeness (QED) is 0.648. The number of anilines is 1. The molecule has 4 heteroatoms. The van der Waals surface area contributed by atoms with Gasteiger partial charge in [0.05, 0.1) is 11.4 Å². The van der Waals surface area contributed by atoms with Gasteiger partial charge in [0.25, 0.3) is 0 Å². The molecule has 3 aromatic rings. The van der Waals surface area contributed by atoms with Crippen LogP contribution in [0, 0.1) is 20.8 Å². The minimum Gasteiger partial charge on any atom is -0.489 e. The van der Waals surface area contributed by atoms with Gasteiger partial charge in [-0.25, -0.2) is 4.68 Å². The number of hydrogen-bond donors (Lipinski definition) is 1. The van der Waals surface area contributed by atoms with Crippen LogP contribution in [0.2, 0.25) is 0 Å². The Bertz CT molecular complexity index is 970. The number of aryl methyl sites for hydroxylation is 3. The molecular formula is C23H27N3O. The molecule has 0 amide bonds. The first kappa shape index (κ1) is 17.7. The van der Waals surface area contributed by atoms with Crippen molar-refractivity contribution in [2.24, 2.45) is 0 Å². The molecule has 1 saturated carbocycles. The summed E-state index contributed by atoms with van der Waals surface area (Å²) in [6.07, 6.45) is 4.58. The van der Waals surface area contributed by atoms with Crippen molar-refractivity contribution < 1.29 is 4.74 Å². The molecule has 2 aromatic carbocycles. The zero-order valence-electron chi connectivity index (χ0n) is 16.5. The zero-order valence-corrected chi connectivity index (χ0v) is 16.5. The highest BCUT2D eigenvalue weighted by molar-refractivity contribution is 5.56. The molecule has 0 atom stereocenters. The predicted octanol–water partition coefficient (Wildman–Crippen LogP) is 5.30. The summed E-state index contributed by atoms with van der Waals surface area (Å²) in [7, 11) is 1.98. The lowest BCUT2D eigenvalue weighted by molar-refractivity contribution is 0.303. The lowest BCUT2D eigenvalue weighted by Crippen LogP contribution is -2.06. The Morgan fingerprint density at radius 2 is 1.93 bits per heavy atom. The molecule has 1 aliphatic rings. The first-order valence-corrected chi connectivity index (χ1v) is 9.63. The fourth-order valence-corrected chi connectivity index (χ4v) is 3.65. The van der Waals surface area contributed by atoms with Gasteiger partial charge in [0.1, 0.15) is 12.4 Å². The van der Waals surface area contributed by atoms with Crippen LogP contribution in [0.5, 0.6) is 5.75 Å². The molecule has 4 rings (SSSR count). The third kappa shape index (κ3) is 3.57. The van der Waals surface area contributed by atoms with E-state index in [9.17, 15) is 0 Å². The highest BCUT2D eigenvalue weighted by Crippen LogP contribution is 2.43. The Morgan fingerprint density at radius 3 is 2.59 bits per heavy atom. The summed E-state index contributed by atoms with van der Waals surface area (Å²) in [5.41, 5.74) is 8.27. The van der Waals surface area contributed by atoms with Crippen LogP contribution < -0.4 is 10.1 Å². The normalized spacial score (nSPS) is 13.6. The molecule has 0 spiro atoms. The molecule has 0 radical (unpaired) electrons. The van der Waals surface area contributed by atoms with E-state index in [4.69, 9.17) is 4.74 Å². The van der Waals surface area contributed by atoms with E-state index in [2.05, 4.69) is 54.6 Å². The number of nitrogens with one attached hydrogen (secondary N) is 1. The van der Waals surface area contributed by atoms with Crippen LogP contribution in [-0.2, 0) is 6.61 Å². The van der Waals surface area contributed by atoms with Crippen molar-refractivity contribution in [1.29, 1.82) is 0 Å². The van der Waals surface area contributed by atoms with Crippen LogP contribution in [0.3, 0.4) is 0 Å². The summed E-state index contributed by atoms with van der Waals surface area (Å²) in [6, 6.07) is 12.8. The summed E-state index contributed by atoms with van der Waals surface area (Å²) in [5, 5.41) is 7.86. The van der Waals surface area contributed by atoms with Gasteiger partial charge in [-0.3, -0.25) is 0 Å². The topological polar surface area (TPSA) is 39.1 Å². The maximum absolute atomic E-state index is 6.29. The molecule has 1 aliphatic carbocycles. The molecular weight excluding hydrogens is 334 g/mol. The van der Waals surface area contributed by atoms with Crippen molar-refractivity contribution in [2.45, 2.75) is 46.1 Å². The van der Waals surface area contributed by atoms with Crippen LogP contribution in [0.1, 0.15) is 46.7 Å². The molecule has 0 unspecified atom stereocenters. The highest BCUT2D eigenvalue weighted by atomic mass is 16.5. The maximum atomic E-state index is 6.29. The van der Waals surface area contributed by atoms with Gasteiger partial charge in [-0.2, -0.15) is 5.10 Å². The Hall–Kier alpha value is -2.75. The van der Waals surface area contributed by atoms with Crippen LogP contribution in [0.4, 0.5) is 5.69 Å². The molecule has 1 aromatic heterocycles. The van der Waals surface area contributed by atoms with Crippen LogP contribution in [0.15, 0.2) is 42.6 Å². The number of hydrogen-bond acceptors (Lipinski definition) is 3. The van der Waals surface area contributed by atoms with Crippen molar-refractivity contribution in [2.75, 3.05) is 12.4 Å². The van der Waals surface area contributed by atoms with Gasteiger partial charge in [0.2, 0.25) is 0 Å². The zero-order chi connectivity index (χ0) is 19.0. The van der Waals surface area contributed by atoms with Crippen molar-refractivity contribution in [3.05, 3.63) is 70.5 Å². The Labute approximate surface area is 161 Å². The molecule has 140 valence electrons. The molecule has 4 nitrogen and oxygen atoms in total. The van der Waals surface area contributed by atoms with Gasteiger partial charge in [0.15, 0.2) is 0 Å². The highest BCUT2D eigenvalue weighted by Gasteiger charge is 2.27. The smallest absolute Gasteiger partial charge is 0.123 e. The van der Waals surface area contributed by atoms with Gasteiger partial charge in [0, 0.05) is 24.5 Å². The monoisotopic (exact) mass is 361 g/mol. The van der Waals surface area contributed by atoms with E-state index in [1.54, 1.807) is 0 Å². The van der Waals surface area contributed by atoms with Crippen LogP contribution >= 0.6 is 0 Å². The average molecular weight is 361 g/mol. The number of ether oxygens (including phenoxy) is 1. The van der Waals surface area contributed by atoms with E-state index < -0.39 is 0 Å². The first-order valence-electron chi connectivity index (χ1n) is 9.63. The summed E-state index contributed by atoms with van der Waals surface area (Å²) in [5.74, 6) is 1.64. The van der Waals surface area contributed by atoms with Gasteiger partial charge < -0.3 is 10.1 Å². The minimum absolute atomic E-state index is 0.587. The van der Waals surface area contributed by atoms with Crippen molar-refractivity contribution >= 4 is 5.69 Å². The second-order valence-corrected chi connectivity index (χ2v) is 7.49. The van der Waals surface area contributed by atoms with Crippen molar-refractivity contribution in [3.63, 3.8) is 0 Å². The fraction of sp³-hybridized carbons (Fsp3) is 0.348. The fourth-order valence-electron chi connectivity index (χ4n) is 3.65. The second-order valence-electron chi connectivity index (χ2n) is 7.49. The SMILES string of the molecule is CNc1cccc(C2CC2)c1COc1cc(C)c(-n2ccc(C)n2)cc1C.